The van der Waals surface area contributed by atoms with Crippen LogP contribution >= 0.6 is 0 Å². The van der Waals surface area contributed by atoms with Gasteiger partial charge >= 0.3 is 0 Å². The molecule has 164 valence electrons. The maximum absolute atomic E-state index is 13.2. The Hall–Kier alpha value is -3.47. The first kappa shape index (κ1) is 21.8. The molecule has 2 atom stereocenters. The normalized spacial score (nSPS) is 17.9. The van der Waals surface area contributed by atoms with Crippen LogP contribution in [0.5, 0.6) is 0 Å². The van der Waals surface area contributed by atoms with E-state index >= 15 is 0 Å². The molecule has 0 aromatic heterocycles. The van der Waals surface area contributed by atoms with Gasteiger partial charge in [0, 0.05) is 31.1 Å². The molecule has 1 N–H and O–H groups in total. The summed E-state index contributed by atoms with van der Waals surface area (Å²) in [6.07, 6.45) is 0. The lowest BCUT2D eigenvalue weighted by molar-refractivity contribution is -0.125. The molecule has 32 heavy (non-hydrogen) atoms. The van der Waals surface area contributed by atoms with Gasteiger partial charge in [-0.1, -0.05) is 60.2 Å². The molecule has 3 aromatic carbocycles. The number of carbonyl (C=O) groups is 2. The number of hydrogen-bond donors (Lipinski definition) is 1. The van der Waals surface area contributed by atoms with Crippen LogP contribution in [0.25, 0.3) is 0 Å². The zero-order valence-electron chi connectivity index (χ0n) is 18.3. The summed E-state index contributed by atoms with van der Waals surface area (Å²) in [5, 5.41) is 2.98. The Balaban J connectivity index is 1.55. The smallest absolute Gasteiger partial charge is 0.254 e. The van der Waals surface area contributed by atoms with Crippen molar-refractivity contribution >= 4 is 11.8 Å². The number of aryl methyl sites for hydroxylation is 2. The third-order valence-electron chi connectivity index (χ3n) is 6.20. The fourth-order valence-corrected chi connectivity index (χ4v) is 4.29. The van der Waals surface area contributed by atoms with Gasteiger partial charge in [-0.2, -0.15) is 0 Å². The highest BCUT2D eigenvalue weighted by molar-refractivity contribution is 5.96. The zero-order chi connectivity index (χ0) is 22.7. The number of nitrogens with one attached hydrogen (secondary N) is 1. The lowest BCUT2D eigenvalue weighted by atomic mass is 9.88. The van der Waals surface area contributed by atoms with E-state index in [2.05, 4.69) is 5.32 Å². The van der Waals surface area contributed by atoms with Crippen LogP contribution < -0.4 is 5.32 Å². The summed E-state index contributed by atoms with van der Waals surface area (Å²) in [4.78, 5) is 28.2. The second-order valence-corrected chi connectivity index (χ2v) is 8.49. The first-order chi connectivity index (χ1) is 15.4. The number of rotatable bonds is 5. The van der Waals surface area contributed by atoms with E-state index < -0.39 is 0 Å². The molecule has 0 spiro atoms. The quantitative estimate of drug-likeness (QED) is 0.642. The van der Waals surface area contributed by atoms with Crippen LogP contribution in [0, 0.1) is 25.6 Å². The minimum atomic E-state index is -0.355. The molecule has 4 nitrogen and oxygen atoms in total. The van der Waals surface area contributed by atoms with Gasteiger partial charge < -0.3 is 10.2 Å². The minimum absolute atomic E-state index is 0.0472. The summed E-state index contributed by atoms with van der Waals surface area (Å²) < 4.78 is 13.2. The predicted octanol–water partition coefficient (Wildman–Crippen LogP) is 4.61. The highest BCUT2D eigenvalue weighted by Gasteiger charge is 2.40. The summed E-state index contributed by atoms with van der Waals surface area (Å²) in [5.74, 6) is -0.891. The molecule has 1 saturated heterocycles. The molecule has 1 heterocycles. The summed E-state index contributed by atoms with van der Waals surface area (Å²) in [6, 6.07) is 21.8. The number of amides is 2. The largest absolute Gasteiger partial charge is 0.352 e. The van der Waals surface area contributed by atoms with Crippen LogP contribution in [0.2, 0.25) is 0 Å². The second-order valence-electron chi connectivity index (χ2n) is 8.49. The fourth-order valence-electron chi connectivity index (χ4n) is 4.29. The Bertz CT molecular complexity index is 1110. The molecule has 0 aliphatic carbocycles. The molecule has 3 aromatic rings. The third kappa shape index (κ3) is 4.72. The summed E-state index contributed by atoms with van der Waals surface area (Å²) in [5.41, 5.74) is 4.63. The molecule has 4 rings (SSSR count). The van der Waals surface area contributed by atoms with Crippen molar-refractivity contribution in [2.45, 2.75) is 26.3 Å². The SMILES string of the molecule is Cc1ccc([C@@H]2CN(C(=O)c3ccccc3C)C[C@H]2C(=O)NCc2ccc(F)cc2)cc1. The van der Waals surface area contributed by atoms with Gasteiger partial charge in [0.2, 0.25) is 5.91 Å². The van der Waals surface area contributed by atoms with Gasteiger partial charge in [0.05, 0.1) is 5.92 Å². The van der Waals surface area contributed by atoms with Crippen LogP contribution in [0.4, 0.5) is 4.39 Å². The number of likely N-dealkylation sites (tertiary alicyclic amines) is 1. The maximum Gasteiger partial charge on any atom is 0.254 e. The van der Waals surface area contributed by atoms with Crippen molar-refractivity contribution in [1.82, 2.24) is 10.2 Å². The van der Waals surface area contributed by atoms with E-state index in [4.69, 9.17) is 0 Å². The van der Waals surface area contributed by atoms with E-state index in [0.29, 0.717) is 25.2 Å². The molecule has 0 radical (unpaired) electrons. The molecule has 1 aliphatic rings. The van der Waals surface area contributed by atoms with Crippen molar-refractivity contribution < 1.29 is 14.0 Å². The van der Waals surface area contributed by atoms with Gasteiger partial charge in [0.25, 0.3) is 5.91 Å². The number of hydrogen-bond acceptors (Lipinski definition) is 2. The molecule has 1 aliphatic heterocycles. The molecule has 0 unspecified atom stereocenters. The Morgan fingerprint density at radius 1 is 0.938 bits per heavy atom. The van der Waals surface area contributed by atoms with E-state index in [1.54, 1.807) is 17.0 Å². The average molecular weight is 431 g/mol. The molecule has 5 heteroatoms. The molecular formula is C27H27FN2O2. The summed E-state index contributed by atoms with van der Waals surface area (Å²) >= 11 is 0. The Kier molecular flexibility index (Phi) is 6.35. The predicted molar refractivity (Wildman–Crippen MR) is 123 cm³/mol. The summed E-state index contributed by atoms with van der Waals surface area (Å²) in [6.45, 7) is 5.13. The number of halogens is 1. The van der Waals surface area contributed by atoms with E-state index in [9.17, 15) is 14.0 Å². The van der Waals surface area contributed by atoms with Crippen molar-refractivity contribution in [2.24, 2.45) is 5.92 Å². The van der Waals surface area contributed by atoms with Gasteiger partial charge in [0.15, 0.2) is 0 Å². The highest BCUT2D eigenvalue weighted by Crippen LogP contribution is 2.34. The van der Waals surface area contributed by atoms with Gasteiger partial charge in [-0.25, -0.2) is 4.39 Å². The van der Waals surface area contributed by atoms with E-state index in [1.807, 2.05) is 62.4 Å². The number of carbonyl (C=O) groups excluding carboxylic acids is 2. The first-order valence-electron chi connectivity index (χ1n) is 10.9. The molecule has 2 amide bonds. The molecular weight excluding hydrogens is 403 g/mol. The fraction of sp³-hybridized carbons (Fsp3) is 0.259. The monoisotopic (exact) mass is 430 g/mol. The standard InChI is InChI=1S/C27H27FN2O2/c1-18-7-11-21(12-8-18)24-16-30(27(32)23-6-4-3-5-19(23)2)17-25(24)26(31)29-15-20-9-13-22(28)14-10-20/h3-14,24-25H,15-17H2,1-2H3,(H,29,31)/t24-,25+/m0/s1. The van der Waals surface area contributed by atoms with Crippen LogP contribution in [0.1, 0.15) is 38.5 Å². The molecule has 1 fully saturated rings. The van der Waals surface area contributed by atoms with Crippen molar-refractivity contribution in [3.8, 4) is 0 Å². The lowest BCUT2D eigenvalue weighted by Crippen LogP contribution is -2.35. The third-order valence-corrected chi connectivity index (χ3v) is 6.20. The topological polar surface area (TPSA) is 49.4 Å². The lowest BCUT2D eigenvalue weighted by Gasteiger charge is -2.18. The maximum atomic E-state index is 13.2. The Labute approximate surface area is 188 Å². The number of nitrogens with zero attached hydrogens (tertiary/aromatic N) is 1. The Morgan fingerprint density at radius 2 is 1.62 bits per heavy atom. The van der Waals surface area contributed by atoms with Crippen molar-refractivity contribution in [3.05, 3.63) is 106 Å². The molecule has 0 bridgehead atoms. The van der Waals surface area contributed by atoms with Crippen LogP contribution in [0.15, 0.2) is 72.8 Å². The molecule has 0 saturated carbocycles. The second kappa shape index (κ2) is 9.35. The minimum Gasteiger partial charge on any atom is -0.352 e. The average Bonchev–Trinajstić information content (AvgIpc) is 3.24. The van der Waals surface area contributed by atoms with E-state index in [1.165, 1.54) is 12.1 Å². The van der Waals surface area contributed by atoms with Crippen LogP contribution in [-0.2, 0) is 11.3 Å². The van der Waals surface area contributed by atoms with Crippen molar-refractivity contribution in [2.75, 3.05) is 13.1 Å². The summed E-state index contributed by atoms with van der Waals surface area (Å²) in [7, 11) is 0. The van der Waals surface area contributed by atoms with E-state index in [-0.39, 0.29) is 29.5 Å². The highest BCUT2D eigenvalue weighted by atomic mass is 19.1. The zero-order valence-corrected chi connectivity index (χ0v) is 18.3. The van der Waals surface area contributed by atoms with Crippen LogP contribution in [-0.4, -0.2) is 29.8 Å². The van der Waals surface area contributed by atoms with E-state index in [0.717, 1.165) is 22.3 Å². The number of benzene rings is 3. The van der Waals surface area contributed by atoms with Gasteiger partial charge in [-0.15, -0.1) is 0 Å². The van der Waals surface area contributed by atoms with Crippen molar-refractivity contribution in [3.63, 3.8) is 0 Å². The first-order valence-corrected chi connectivity index (χ1v) is 10.9. The van der Waals surface area contributed by atoms with Gasteiger partial charge in [0.1, 0.15) is 5.82 Å². The van der Waals surface area contributed by atoms with Crippen LogP contribution in [0.3, 0.4) is 0 Å². The van der Waals surface area contributed by atoms with Gasteiger partial charge in [-0.05, 0) is 48.7 Å². The van der Waals surface area contributed by atoms with Crippen molar-refractivity contribution in [1.29, 1.82) is 0 Å². The van der Waals surface area contributed by atoms with Gasteiger partial charge in [-0.3, -0.25) is 9.59 Å². The Morgan fingerprint density at radius 3 is 2.31 bits per heavy atom.